The van der Waals surface area contributed by atoms with Crippen LogP contribution < -0.4 is 0 Å². The van der Waals surface area contributed by atoms with Crippen LogP contribution in [0.2, 0.25) is 0 Å². The van der Waals surface area contributed by atoms with E-state index in [4.69, 9.17) is 18.9 Å². The van der Waals surface area contributed by atoms with Crippen molar-refractivity contribution in [2.45, 2.75) is 174 Å². The molecule has 15 heteroatoms. The number of aliphatic hydroxyl groups excluding tert-OH is 5. The summed E-state index contributed by atoms with van der Waals surface area (Å²) in [5.74, 6) is -3.70. The molecule has 0 spiro atoms. The van der Waals surface area contributed by atoms with Crippen molar-refractivity contribution in [1.29, 1.82) is 0 Å². The van der Waals surface area contributed by atoms with E-state index in [1.54, 1.807) is 0 Å². The summed E-state index contributed by atoms with van der Waals surface area (Å²) in [6.07, 6.45) is -7.97. The molecule has 57 heavy (non-hydrogen) atoms. The van der Waals surface area contributed by atoms with Crippen LogP contribution in [0.5, 0.6) is 0 Å². The SMILES string of the molecule is CC1(C)C(O[C@@H]2O[C@H](C(=O)O)[C@@H](O)[C@H](O)[C@H]2O[C@@H]2O[C@H](C(=O)O)[C@@H](O)[C@H](O)[C@H]2O)CC[C@]2(C)C3=CC=C4C5C[C@@](C)(C(=O)O)CC[C@]5(C)CC[C@@]4(C)[C@]3(C)CCC12. The normalized spacial score (nSPS) is 51.8. The minimum Gasteiger partial charge on any atom is -0.481 e. The van der Waals surface area contributed by atoms with Crippen molar-refractivity contribution in [1.82, 2.24) is 0 Å². The third kappa shape index (κ3) is 6.27. The predicted molar refractivity (Wildman–Crippen MR) is 199 cm³/mol. The number of fused-ring (bicyclic) bond motifs is 7. The molecule has 0 radical (unpaired) electrons. The maximum absolute atomic E-state index is 12.5. The Morgan fingerprint density at radius 2 is 1.25 bits per heavy atom. The van der Waals surface area contributed by atoms with E-state index in [0.29, 0.717) is 25.7 Å². The molecule has 0 aromatic rings. The highest BCUT2D eigenvalue weighted by molar-refractivity contribution is 5.75. The molecule has 2 aliphatic heterocycles. The van der Waals surface area contributed by atoms with Gasteiger partial charge in [-0.2, -0.15) is 0 Å². The number of aliphatic hydroxyl groups is 5. The van der Waals surface area contributed by atoms with Gasteiger partial charge in [-0.05, 0) is 104 Å². The Morgan fingerprint density at radius 3 is 1.86 bits per heavy atom. The summed E-state index contributed by atoms with van der Waals surface area (Å²) in [6.45, 7) is 15.5. The molecular formula is C42H62O15. The number of hydrogen-bond acceptors (Lipinski definition) is 12. The molecule has 2 saturated heterocycles. The minimum atomic E-state index is -2.01. The maximum atomic E-state index is 12.5. The lowest BCUT2D eigenvalue weighted by molar-refractivity contribution is -0.370. The molecule has 4 saturated carbocycles. The second-order valence-corrected chi connectivity index (χ2v) is 20.2. The summed E-state index contributed by atoms with van der Waals surface area (Å²) >= 11 is 0. The van der Waals surface area contributed by atoms with Crippen molar-refractivity contribution in [2.24, 2.45) is 44.3 Å². The van der Waals surface area contributed by atoms with Crippen LogP contribution in [-0.2, 0) is 33.3 Å². The number of carbonyl (C=O) groups is 3. The third-order valence-electron chi connectivity index (χ3n) is 16.9. The molecule has 0 aromatic carbocycles. The summed E-state index contributed by atoms with van der Waals surface area (Å²) in [6, 6.07) is 0. The van der Waals surface area contributed by atoms with Crippen LogP contribution >= 0.6 is 0 Å². The first-order valence-electron chi connectivity index (χ1n) is 20.5. The fourth-order valence-corrected chi connectivity index (χ4v) is 12.8. The zero-order chi connectivity index (χ0) is 42.0. The molecule has 0 aromatic heterocycles. The number of carboxylic acids is 3. The van der Waals surface area contributed by atoms with Gasteiger partial charge in [0.1, 0.15) is 36.6 Å². The van der Waals surface area contributed by atoms with E-state index in [1.165, 1.54) is 11.1 Å². The number of aliphatic carboxylic acids is 3. The van der Waals surface area contributed by atoms with Gasteiger partial charge in [0, 0.05) is 0 Å². The lowest BCUT2D eigenvalue weighted by Gasteiger charge is -2.68. The number of rotatable bonds is 7. The Balaban J connectivity index is 1.17. The molecular weight excluding hydrogens is 744 g/mol. The molecule has 5 aliphatic carbocycles. The predicted octanol–water partition coefficient (Wildman–Crippen LogP) is 2.99. The van der Waals surface area contributed by atoms with Gasteiger partial charge in [0.05, 0.1) is 11.5 Å². The topological polar surface area (TPSA) is 250 Å². The third-order valence-corrected chi connectivity index (χ3v) is 16.9. The van der Waals surface area contributed by atoms with E-state index < -0.39 is 96.3 Å². The quantitative estimate of drug-likeness (QED) is 0.172. The van der Waals surface area contributed by atoms with Crippen molar-refractivity contribution in [3.05, 3.63) is 23.3 Å². The molecule has 8 N–H and O–H groups in total. The minimum absolute atomic E-state index is 0.0484. The van der Waals surface area contributed by atoms with Crippen LogP contribution in [-0.4, -0.2) is 126 Å². The van der Waals surface area contributed by atoms with Gasteiger partial charge in [-0.15, -0.1) is 0 Å². The zero-order valence-corrected chi connectivity index (χ0v) is 34.0. The van der Waals surface area contributed by atoms with Crippen LogP contribution in [0.15, 0.2) is 23.3 Å². The van der Waals surface area contributed by atoms with Gasteiger partial charge in [0.15, 0.2) is 24.8 Å². The summed E-state index contributed by atoms with van der Waals surface area (Å²) in [7, 11) is 0. The van der Waals surface area contributed by atoms with Crippen molar-refractivity contribution < 1.29 is 74.2 Å². The van der Waals surface area contributed by atoms with Crippen molar-refractivity contribution >= 4 is 17.9 Å². The first kappa shape index (κ1) is 42.6. The van der Waals surface area contributed by atoms with E-state index in [1.807, 2.05) is 6.92 Å². The lowest BCUT2D eigenvalue weighted by Crippen LogP contribution is -2.66. The van der Waals surface area contributed by atoms with Crippen molar-refractivity contribution in [2.75, 3.05) is 0 Å². The van der Waals surface area contributed by atoms with Crippen molar-refractivity contribution in [3.63, 3.8) is 0 Å². The van der Waals surface area contributed by atoms with E-state index in [9.17, 15) is 55.2 Å². The molecule has 15 nitrogen and oxygen atoms in total. The average Bonchev–Trinajstić information content (AvgIpc) is 3.12. The number of carboxylic acid groups (broad SMARTS) is 3. The fourth-order valence-electron chi connectivity index (χ4n) is 12.8. The average molecular weight is 807 g/mol. The molecule has 0 bridgehead atoms. The molecule has 0 amide bonds. The Labute approximate surface area is 333 Å². The van der Waals surface area contributed by atoms with E-state index in [-0.39, 0.29) is 33.5 Å². The molecule has 7 rings (SSSR count). The molecule has 320 valence electrons. The smallest absolute Gasteiger partial charge is 0.335 e. The van der Waals surface area contributed by atoms with Crippen LogP contribution in [0.25, 0.3) is 0 Å². The first-order valence-corrected chi connectivity index (χ1v) is 20.5. The maximum Gasteiger partial charge on any atom is 0.335 e. The first-order chi connectivity index (χ1) is 26.4. The van der Waals surface area contributed by atoms with Crippen LogP contribution in [0.3, 0.4) is 0 Å². The number of allylic oxidation sites excluding steroid dienone is 4. The Kier molecular flexibility index (Phi) is 10.5. The largest absolute Gasteiger partial charge is 0.481 e. The summed E-state index contributed by atoms with van der Waals surface area (Å²) in [4.78, 5) is 36.4. The molecule has 6 fully saturated rings. The highest BCUT2D eigenvalue weighted by Gasteiger charge is 2.67. The summed E-state index contributed by atoms with van der Waals surface area (Å²) in [5.41, 5.74) is 0.856. The number of ether oxygens (including phenoxy) is 4. The summed E-state index contributed by atoms with van der Waals surface area (Å²) < 4.78 is 23.5. The zero-order valence-electron chi connectivity index (χ0n) is 34.0. The van der Waals surface area contributed by atoms with Gasteiger partial charge < -0.3 is 59.8 Å². The molecule has 3 unspecified atom stereocenters. The van der Waals surface area contributed by atoms with E-state index in [2.05, 4.69) is 53.7 Å². The fraction of sp³-hybridized carbons (Fsp3) is 0.833. The van der Waals surface area contributed by atoms with E-state index in [0.717, 1.165) is 32.1 Å². The van der Waals surface area contributed by atoms with Gasteiger partial charge >= 0.3 is 17.9 Å². The number of hydrogen-bond donors (Lipinski definition) is 8. The van der Waals surface area contributed by atoms with Crippen molar-refractivity contribution in [3.8, 4) is 0 Å². The Hall–Kier alpha value is -2.47. The van der Waals surface area contributed by atoms with Gasteiger partial charge in [-0.25, -0.2) is 9.59 Å². The second-order valence-electron chi connectivity index (χ2n) is 20.2. The van der Waals surface area contributed by atoms with Gasteiger partial charge in [-0.1, -0.05) is 64.8 Å². The van der Waals surface area contributed by atoms with Gasteiger partial charge in [0.25, 0.3) is 0 Å². The monoisotopic (exact) mass is 806 g/mol. The highest BCUT2D eigenvalue weighted by atomic mass is 16.8. The van der Waals surface area contributed by atoms with E-state index >= 15 is 0 Å². The van der Waals surface area contributed by atoms with Gasteiger partial charge in [-0.3, -0.25) is 4.79 Å². The highest BCUT2D eigenvalue weighted by Crippen LogP contribution is 2.74. The second kappa shape index (κ2) is 14.1. The van der Waals surface area contributed by atoms with Gasteiger partial charge in [0.2, 0.25) is 0 Å². The molecule has 7 aliphatic rings. The van der Waals surface area contributed by atoms with Crippen LogP contribution in [0, 0.1) is 44.3 Å². The van der Waals surface area contributed by atoms with Crippen LogP contribution in [0.1, 0.15) is 106 Å². The Morgan fingerprint density at radius 1 is 0.649 bits per heavy atom. The summed E-state index contributed by atoms with van der Waals surface area (Å²) in [5, 5.41) is 83.0. The lowest BCUT2D eigenvalue weighted by atomic mass is 9.36. The molecule has 2 heterocycles. The Bertz CT molecular complexity index is 1710. The van der Waals surface area contributed by atoms with Crippen LogP contribution in [0.4, 0.5) is 0 Å². The molecule has 18 atom stereocenters. The standard InChI is InChI=1S/C42H62O15/c1-37(2)21-10-13-42(7)22(9-8-19-20-18-39(4,36(52)53)15-14-38(20,3)16-17-41(19,42)6)40(21,5)12-11-23(37)54-35-31(27(46)26(45)30(56-35)33(50)51)57-34-28(47)24(43)25(44)29(55-34)32(48)49/h8-9,20-21,23-31,34-35,43-47H,10-18H2,1-7H3,(H,48,49)(H,50,51)(H,52,53)/t20?,21?,23?,24-,25-,26-,27-,28+,29-,30-,31+,34-,35+,38+,39-,40-,41+,42+/m0/s1.